The number of hydrogen-bond donors (Lipinski definition) is 1. The summed E-state index contributed by atoms with van der Waals surface area (Å²) in [7, 11) is 3.38. The van der Waals surface area contributed by atoms with E-state index in [4.69, 9.17) is 9.47 Å². The Balaban J connectivity index is 1.86. The minimum Gasteiger partial charge on any atom is -0.496 e. The molecule has 1 amide bonds. The van der Waals surface area contributed by atoms with Crippen molar-refractivity contribution in [3.05, 3.63) is 29.8 Å². The topological polar surface area (TPSA) is 54.0 Å². The first-order valence-corrected chi connectivity index (χ1v) is 8.95. The van der Waals surface area contributed by atoms with Gasteiger partial charge in [-0.25, -0.2) is 0 Å². The molecule has 0 spiro atoms. The molecule has 2 atom stereocenters. The second-order valence-corrected chi connectivity index (χ2v) is 6.52. The standard InChI is InChI=1S/C19H31N3O3/c1-15(17-7-5-6-8-18(17)25-4)20-19(23)16(2)22-11-9-21(10-12-22)13-14-24-3/h5-8,15-16H,9-14H2,1-4H3,(H,20,23)/t15-,16+/m0/s1. The van der Waals surface area contributed by atoms with Gasteiger partial charge < -0.3 is 14.8 Å². The molecule has 0 unspecified atom stereocenters. The van der Waals surface area contributed by atoms with E-state index in [0.29, 0.717) is 0 Å². The highest BCUT2D eigenvalue weighted by atomic mass is 16.5. The van der Waals surface area contributed by atoms with E-state index in [1.54, 1.807) is 14.2 Å². The van der Waals surface area contributed by atoms with Gasteiger partial charge in [0.15, 0.2) is 0 Å². The molecule has 0 aliphatic carbocycles. The minimum absolute atomic E-state index is 0.0590. The lowest BCUT2D eigenvalue weighted by molar-refractivity contribution is -0.127. The van der Waals surface area contributed by atoms with Crippen molar-refractivity contribution in [2.45, 2.75) is 25.9 Å². The zero-order valence-electron chi connectivity index (χ0n) is 15.8. The Kier molecular flexibility index (Phi) is 7.68. The molecule has 1 aliphatic rings. The normalized spacial score (nSPS) is 18.6. The average Bonchev–Trinajstić information content (AvgIpc) is 2.66. The fraction of sp³-hybridized carbons (Fsp3) is 0.632. The van der Waals surface area contributed by atoms with Gasteiger partial charge in [0.25, 0.3) is 0 Å². The molecule has 1 aromatic rings. The van der Waals surface area contributed by atoms with Crippen LogP contribution in [-0.2, 0) is 9.53 Å². The van der Waals surface area contributed by atoms with Gasteiger partial charge in [-0.1, -0.05) is 18.2 Å². The number of ether oxygens (including phenoxy) is 2. The molecule has 1 fully saturated rings. The highest BCUT2D eigenvalue weighted by Gasteiger charge is 2.26. The van der Waals surface area contributed by atoms with Crippen molar-refractivity contribution in [3.63, 3.8) is 0 Å². The molecule has 6 heteroatoms. The number of nitrogens with one attached hydrogen (secondary N) is 1. The van der Waals surface area contributed by atoms with Crippen LogP contribution in [0.5, 0.6) is 5.75 Å². The molecule has 1 aliphatic heterocycles. The number of rotatable bonds is 8. The van der Waals surface area contributed by atoms with Gasteiger partial charge in [-0.3, -0.25) is 14.6 Å². The van der Waals surface area contributed by atoms with Crippen molar-refractivity contribution in [2.75, 3.05) is 53.6 Å². The fourth-order valence-electron chi connectivity index (χ4n) is 3.20. The van der Waals surface area contributed by atoms with Crippen LogP contribution in [0.3, 0.4) is 0 Å². The van der Waals surface area contributed by atoms with Crippen LogP contribution in [0, 0.1) is 0 Å². The third-order valence-electron chi connectivity index (χ3n) is 4.91. The molecule has 2 rings (SSSR count). The van der Waals surface area contributed by atoms with Crippen LogP contribution < -0.4 is 10.1 Å². The van der Waals surface area contributed by atoms with Gasteiger partial charge in [-0.2, -0.15) is 0 Å². The Morgan fingerprint density at radius 1 is 1.16 bits per heavy atom. The van der Waals surface area contributed by atoms with Gasteiger partial charge in [0.2, 0.25) is 5.91 Å². The van der Waals surface area contributed by atoms with E-state index in [9.17, 15) is 4.79 Å². The number of nitrogens with zero attached hydrogens (tertiary/aromatic N) is 2. The Bertz CT molecular complexity index is 544. The lowest BCUT2D eigenvalue weighted by Gasteiger charge is -2.37. The average molecular weight is 349 g/mol. The molecule has 25 heavy (non-hydrogen) atoms. The Morgan fingerprint density at radius 3 is 2.48 bits per heavy atom. The van der Waals surface area contributed by atoms with E-state index >= 15 is 0 Å². The maximum Gasteiger partial charge on any atom is 0.237 e. The van der Waals surface area contributed by atoms with E-state index in [1.165, 1.54) is 0 Å². The highest BCUT2D eigenvalue weighted by Crippen LogP contribution is 2.24. The summed E-state index contributed by atoms with van der Waals surface area (Å²) in [6.07, 6.45) is 0. The second-order valence-electron chi connectivity index (χ2n) is 6.52. The summed E-state index contributed by atoms with van der Waals surface area (Å²) in [6.45, 7) is 9.44. The van der Waals surface area contributed by atoms with Gasteiger partial charge >= 0.3 is 0 Å². The highest BCUT2D eigenvalue weighted by molar-refractivity contribution is 5.81. The number of carbonyl (C=O) groups is 1. The molecular weight excluding hydrogens is 318 g/mol. The maximum absolute atomic E-state index is 12.7. The van der Waals surface area contributed by atoms with Crippen molar-refractivity contribution in [3.8, 4) is 5.75 Å². The second kappa shape index (κ2) is 9.75. The summed E-state index contributed by atoms with van der Waals surface area (Å²) < 4.78 is 10.5. The SMILES string of the molecule is COCCN1CCN([C@H](C)C(=O)N[C@@H](C)c2ccccc2OC)CC1. The fourth-order valence-corrected chi connectivity index (χ4v) is 3.20. The van der Waals surface area contributed by atoms with Crippen LogP contribution in [0.2, 0.25) is 0 Å². The molecule has 1 aromatic carbocycles. The van der Waals surface area contributed by atoms with Crippen molar-refractivity contribution < 1.29 is 14.3 Å². The summed E-state index contributed by atoms with van der Waals surface area (Å²) >= 11 is 0. The number of amides is 1. The zero-order valence-corrected chi connectivity index (χ0v) is 15.8. The molecule has 0 radical (unpaired) electrons. The lowest BCUT2D eigenvalue weighted by Crippen LogP contribution is -2.54. The number of para-hydroxylation sites is 1. The molecule has 1 saturated heterocycles. The first kappa shape index (κ1) is 19.7. The smallest absolute Gasteiger partial charge is 0.237 e. The summed E-state index contributed by atoms with van der Waals surface area (Å²) in [4.78, 5) is 17.3. The summed E-state index contributed by atoms with van der Waals surface area (Å²) in [5.41, 5.74) is 0.995. The molecule has 0 aromatic heterocycles. The first-order valence-electron chi connectivity index (χ1n) is 8.95. The third kappa shape index (κ3) is 5.42. The van der Waals surface area contributed by atoms with Crippen LogP contribution in [0.1, 0.15) is 25.5 Å². The van der Waals surface area contributed by atoms with Crippen LogP contribution in [0.15, 0.2) is 24.3 Å². The molecule has 0 bridgehead atoms. The monoisotopic (exact) mass is 349 g/mol. The van der Waals surface area contributed by atoms with Gasteiger partial charge in [-0.05, 0) is 19.9 Å². The minimum atomic E-state index is -0.137. The summed E-state index contributed by atoms with van der Waals surface area (Å²) in [5, 5.41) is 3.12. The predicted molar refractivity (Wildman–Crippen MR) is 98.9 cm³/mol. The predicted octanol–water partition coefficient (Wildman–Crippen LogP) is 1.52. The largest absolute Gasteiger partial charge is 0.496 e. The number of hydrogen-bond acceptors (Lipinski definition) is 5. The molecule has 1 heterocycles. The number of benzene rings is 1. The summed E-state index contributed by atoms with van der Waals surface area (Å²) in [5.74, 6) is 0.860. The molecule has 1 N–H and O–H groups in total. The number of piperazine rings is 1. The maximum atomic E-state index is 12.7. The van der Waals surface area contributed by atoms with Crippen LogP contribution >= 0.6 is 0 Å². The van der Waals surface area contributed by atoms with Crippen LogP contribution in [-0.4, -0.2) is 75.3 Å². The van der Waals surface area contributed by atoms with E-state index in [2.05, 4.69) is 15.1 Å². The Morgan fingerprint density at radius 2 is 1.84 bits per heavy atom. The van der Waals surface area contributed by atoms with Crippen molar-refractivity contribution >= 4 is 5.91 Å². The van der Waals surface area contributed by atoms with Gasteiger partial charge in [0.1, 0.15) is 5.75 Å². The molecule has 6 nitrogen and oxygen atoms in total. The Hall–Kier alpha value is -1.63. The lowest BCUT2D eigenvalue weighted by atomic mass is 10.1. The molecule has 0 saturated carbocycles. The molecule has 140 valence electrons. The van der Waals surface area contributed by atoms with Crippen LogP contribution in [0.25, 0.3) is 0 Å². The van der Waals surface area contributed by atoms with E-state index < -0.39 is 0 Å². The van der Waals surface area contributed by atoms with E-state index in [0.717, 1.165) is 50.6 Å². The Labute approximate surface area is 151 Å². The van der Waals surface area contributed by atoms with E-state index in [1.807, 2.05) is 38.1 Å². The number of methoxy groups -OCH3 is 2. The van der Waals surface area contributed by atoms with Gasteiger partial charge in [-0.15, -0.1) is 0 Å². The number of carbonyl (C=O) groups excluding carboxylic acids is 1. The van der Waals surface area contributed by atoms with E-state index in [-0.39, 0.29) is 18.0 Å². The summed E-state index contributed by atoms with van der Waals surface area (Å²) in [6, 6.07) is 7.57. The van der Waals surface area contributed by atoms with Crippen molar-refractivity contribution in [1.82, 2.24) is 15.1 Å². The van der Waals surface area contributed by atoms with Gasteiger partial charge in [0.05, 0.1) is 25.8 Å². The quantitative estimate of drug-likeness (QED) is 0.771. The van der Waals surface area contributed by atoms with Crippen LogP contribution in [0.4, 0.5) is 0 Å². The first-order chi connectivity index (χ1) is 12.1. The molecular formula is C19H31N3O3. The van der Waals surface area contributed by atoms with Crippen molar-refractivity contribution in [1.29, 1.82) is 0 Å². The third-order valence-corrected chi connectivity index (χ3v) is 4.91. The zero-order chi connectivity index (χ0) is 18.2. The van der Waals surface area contributed by atoms with Gasteiger partial charge in [0, 0.05) is 45.4 Å². The van der Waals surface area contributed by atoms with Crippen molar-refractivity contribution in [2.24, 2.45) is 0 Å².